The molecule has 0 spiro atoms. The molecule has 0 saturated heterocycles. The van der Waals surface area contributed by atoms with Crippen LogP contribution in [0.25, 0.3) is 15.8 Å². The van der Waals surface area contributed by atoms with Crippen molar-refractivity contribution in [3.05, 3.63) is 87.7 Å². The molecule has 0 N–H and O–H groups in total. The van der Waals surface area contributed by atoms with E-state index in [1.54, 1.807) is 18.3 Å². The van der Waals surface area contributed by atoms with Gasteiger partial charge in [0, 0.05) is 40.6 Å². The quantitative estimate of drug-likeness (QED) is 0.505. The Balaban J connectivity index is 1.74. The molecule has 32 heavy (non-hydrogen) atoms. The molecule has 2 aromatic heterocycles. The van der Waals surface area contributed by atoms with Crippen molar-refractivity contribution in [2.45, 2.75) is 45.4 Å². The van der Waals surface area contributed by atoms with Gasteiger partial charge in [-0.15, -0.1) is 11.3 Å². The van der Waals surface area contributed by atoms with E-state index in [4.69, 9.17) is 0 Å². The average molecular weight is 441 g/mol. The first-order valence-corrected chi connectivity index (χ1v) is 11.8. The Hall–Kier alpha value is -3.18. The molecule has 0 amide bonds. The van der Waals surface area contributed by atoms with Gasteiger partial charge >= 0.3 is 0 Å². The Bertz CT molecular complexity index is 1340. The zero-order valence-electron chi connectivity index (χ0n) is 18.2. The topological polar surface area (TPSA) is 59.9 Å². The number of Topliss-reactive ketones (excluding diaryl/α,β-unsaturated/α-hetero) is 2. The summed E-state index contributed by atoms with van der Waals surface area (Å²) < 4.78 is 1.07. The molecule has 2 aliphatic carbocycles. The van der Waals surface area contributed by atoms with Crippen LogP contribution >= 0.6 is 11.3 Å². The summed E-state index contributed by atoms with van der Waals surface area (Å²) >= 11 is 1.59. The number of rotatable bonds is 4. The first kappa shape index (κ1) is 20.7. The minimum absolute atomic E-state index is 0.0238. The molecule has 5 heteroatoms. The zero-order valence-corrected chi connectivity index (χ0v) is 19.0. The minimum atomic E-state index is 0.0238. The summed E-state index contributed by atoms with van der Waals surface area (Å²) in [6, 6.07) is 8.44. The summed E-state index contributed by atoms with van der Waals surface area (Å²) in [6.45, 7) is 3.61. The molecule has 160 valence electrons. The third-order valence-corrected chi connectivity index (χ3v) is 7.15. The van der Waals surface area contributed by atoms with Crippen molar-refractivity contribution in [1.82, 2.24) is 9.97 Å². The van der Waals surface area contributed by atoms with Crippen molar-refractivity contribution < 1.29 is 9.59 Å². The molecule has 1 aromatic carbocycles. The average Bonchev–Trinajstić information content (AvgIpc) is 3.15. The highest BCUT2D eigenvalue weighted by atomic mass is 32.1. The van der Waals surface area contributed by atoms with Gasteiger partial charge in [0.1, 0.15) is 0 Å². The van der Waals surface area contributed by atoms with E-state index in [0.717, 1.165) is 45.5 Å². The standard InChI is InChI=1S/C27H24N2O2S/c1-16-12-18(10-11-28-16)13-19-14-22(17(2)30)25(21-6-4-3-5-7-23(21)31)26-20(19)8-9-24-27(26)29-15-32-24/h3-4,6,8-12,15,19H,5,7,13-14H2,1-2H3. The van der Waals surface area contributed by atoms with Crippen LogP contribution in [0.5, 0.6) is 0 Å². The predicted molar refractivity (Wildman–Crippen MR) is 129 cm³/mol. The van der Waals surface area contributed by atoms with Crippen molar-refractivity contribution in [2.75, 3.05) is 0 Å². The van der Waals surface area contributed by atoms with Gasteiger partial charge in [-0.1, -0.05) is 24.3 Å². The maximum absolute atomic E-state index is 13.1. The third-order valence-electron chi connectivity index (χ3n) is 6.35. The van der Waals surface area contributed by atoms with Crippen LogP contribution in [0.1, 0.15) is 54.5 Å². The number of ketones is 2. The van der Waals surface area contributed by atoms with E-state index >= 15 is 0 Å². The number of fused-ring (bicyclic) bond motifs is 3. The minimum Gasteiger partial charge on any atom is -0.295 e. The number of nitrogens with zero attached hydrogens (tertiary/aromatic N) is 2. The van der Waals surface area contributed by atoms with Gasteiger partial charge in [0.15, 0.2) is 11.6 Å². The van der Waals surface area contributed by atoms with Crippen molar-refractivity contribution in [2.24, 2.45) is 0 Å². The number of aryl methyl sites for hydroxylation is 1. The monoisotopic (exact) mass is 440 g/mol. The van der Waals surface area contributed by atoms with E-state index in [2.05, 4.69) is 28.2 Å². The molecule has 2 heterocycles. The van der Waals surface area contributed by atoms with Gasteiger partial charge in [0.05, 0.1) is 15.7 Å². The molecule has 3 aromatic rings. The van der Waals surface area contributed by atoms with Crippen LogP contribution in [-0.4, -0.2) is 21.5 Å². The summed E-state index contributed by atoms with van der Waals surface area (Å²) in [5.74, 6) is 0.249. The Labute approximate surface area is 191 Å². The van der Waals surface area contributed by atoms with Gasteiger partial charge in [0.2, 0.25) is 0 Å². The molecule has 0 fully saturated rings. The first-order valence-electron chi connectivity index (χ1n) is 11.0. The molecule has 2 aliphatic rings. The SMILES string of the molecule is CC(=O)C1=C(C2=CC=CCCC2=O)c2c(ccc3scnc23)C(Cc2ccnc(C)c2)C1. The summed E-state index contributed by atoms with van der Waals surface area (Å²) in [5, 5.41) is 0. The highest BCUT2D eigenvalue weighted by molar-refractivity contribution is 7.16. The van der Waals surface area contributed by atoms with Gasteiger partial charge in [-0.2, -0.15) is 0 Å². The molecule has 0 bridgehead atoms. The molecule has 0 radical (unpaired) electrons. The van der Waals surface area contributed by atoms with Crippen molar-refractivity contribution in [3.8, 4) is 0 Å². The lowest BCUT2D eigenvalue weighted by Crippen LogP contribution is -2.20. The van der Waals surface area contributed by atoms with E-state index in [1.807, 2.05) is 42.9 Å². The number of benzene rings is 1. The molecular weight excluding hydrogens is 416 g/mol. The number of allylic oxidation sites excluding steroid dienone is 6. The molecule has 1 atom stereocenters. The van der Waals surface area contributed by atoms with Crippen LogP contribution in [0, 0.1) is 6.92 Å². The fourth-order valence-corrected chi connectivity index (χ4v) is 5.58. The number of carbonyl (C=O) groups excluding carboxylic acids is 2. The fourth-order valence-electron chi connectivity index (χ4n) is 4.90. The molecule has 1 unspecified atom stereocenters. The van der Waals surface area contributed by atoms with Crippen LogP contribution in [-0.2, 0) is 16.0 Å². The van der Waals surface area contributed by atoms with Gasteiger partial charge in [0.25, 0.3) is 0 Å². The second-order valence-electron chi connectivity index (χ2n) is 8.52. The smallest absolute Gasteiger partial charge is 0.163 e. The number of thiazole rings is 1. The van der Waals surface area contributed by atoms with Crippen LogP contribution in [0.3, 0.4) is 0 Å². The summed E-state index contributed by atoms with van der Waals surface area (Å²) in [4.78, 5) is 35.0. The van der Waals surface area contributed by atoms with Crippen LogP contribution < -0.4 is 0 Å². The van der Waals surface area contributed by atoms with Crippen LogP contribution in [0.15, 0.2) is 65.3 Å². The zero-order chi connectivity index (χ0) is 22.2. The number of pyridine rings is 1. The normalized spacial score (nSPS) is 18.5. The number of aromatic nitrogens is 2. The second-order valence-corrected chi connectivity index (χ2v) is 9.41. The largest absolute Gasteiger partial charge is 0.295 e. The molecule has 4 nitrogen and oxygen atoms in total. The lowest BCUT2D eigenvalue weighted by Gasteiger charge is -2.30. The highest BCUT2D eigenvalue weighted by Gasteiger charge is 2.34. The van der Waals surface area contributed by atoms with Gasteiger partial charge in [-0.05, 0) is 68.4 Å². The molecular formula is C27H24N2O2S. The van der Waals surface area contributed by atoms with E-state index in [9.17, 15) is 9.59 Å². The van der Waals surface area contributed by atoms with Crippen molar-refractivity contribution in [1.29, 1.82) is 0 Å². The van der Waals surface area contributed by atoms with E-state index in [-0.39, 0.29) is 17.5 Å². The second kappa shape index (κ2) is 8.40. The molecule has 0 saturated carbocycles. The predicted octanol–water partition coefficient (Wildman–Crippen LogP) is 5.92. The number of hydrogen-bond acceptors (Lipinski definition) is 5. The lowest BCUT2D eigenvalue weighted by molar-refractivity contribution is -0.115. The molecule has 5 rings (SSSR count). The first-order chi connectivity index (χ1) is 15.5. The van der Waals surface area contributed by atoms with Gasteiger partial charge in [-0.25, -0.2) is 4.98 Å². The number of carbonyl (C=O) groups is 2. The maximum atomic E-state index is 13.1. The Morgan fingerprint density at radius 1 is 1.22 bits per heavy atom. The lowest BCUT2D eigenvalue weighted by atomic mass is 9.72. The van der Waals surface area contributed by atoms with E-state index in [0.29, 0.717) is 18.4 Å². The summed E-state index contributed by atoms with van der Waals surface area (Å²) in [5.41, 5.74) is 9.22. The maximum Gasteiger partial charge on any atom is 0.163 e. The van der Waals surface area contributed by atoms with E-state index < -0.39 is 0 Å². The molecule has 0 aliphatic heterocycles. The third kappa shape index (κ3) is 3.67. The fraction of sp³-hybridized carbons (Fsp3) is 0.259. The van der Waals surface area contributed by atoms with Crippen molar-refractivity contribution in [3.63, 3.8) is 0 Å². The number of hydrogen-bond donors (Lipinski definition) is 0. The van der Waals surface area contributed by atoms with Gasteiger partial charge in [-0.3, -0.25) is 14.6 Å². The Morgan fingerprint density at radius 2 is 2.09 bits per heavy atom. The van der Waals surface area contributed by atoms with Crippen molar-refractivity contribution >= 4 is 38.7 Å². The van der Waals surface area contributed by atoms with Gasteiger partial charge < -0.3 is 0 Å². The highest BCUT2D eigenvalue weighted by Crippen LogP contribution is 2.47. The summed E-state index contributed by atoms with van der Waals surface area (Å²) in [6.07, 6.45) is 10.3. The van der Waals surface area contributed by atoms with E-state index in [1.165, 1.54) is 11.1 Å². The Morgan fingerprint density at radius 3 is 2.91 bits per heavy atom. The van der Waals surface area contributed by atoms with Crippen LogP contribution in [0.2, 0.25) is 0 Å². The summed E-state index contributed by atoms with van der Waals surface area (Å²) in [7, 11) is 0. The Kier molecular flexibility index (Phi) is 5.43. The van der Waals surface area contributed by atoms with Crippen LogP contribution in [0.4, 0.5) is 0 Å².